The molecule has 5 nitrogen and oxygen atoms in total. The molecule has 1 aromatic carbocycles. The van der Waals surface area contributed by atoms with Crippen LogP contribution in [0.4, 0.5) is 4.79 Å². The van der Waals surface area contributed by atoms with Gasteiger partial charge in [0.25, 0.3) is 0 Å². The number of benzene rings is 1. The highest BCUT2D eigenvalue weighted by atomic mass is 79.9. The Morgan fingerprint density at radius 3 is 2.50 bits per heavy atom. The summed E-state index contributed by atoms with van der Waals surface area (Å²) < 4.78 is 7.68. The Morgan fingerprint density at radius 1 is 1.32 bits per heavy atom. The number of ether oxygens (including phenoxy) is 1. The lowest BCUT2D eigenvalue weighted by Crippen LogP contribution is -2.27. The lowest BCUT2D eigenvalue weighted by Gasteiger charge is -2.20. The Balaban J connectivity index is 2.67. The number of carboxylic acids is 1. The van der Waals surface area contributed by atoms with Crippen molar-refractivity contribution in [3.05, 3.63) is 33.9 Å². The lowest BCUT2D eigenvalue weighted by atomic mass is 10.1. The lowest BCUT2D eigenvalue weighted by molar-refractivity contribution is -0.136. The first-order chi connectivity index (χ1) is 10.1. The second-order valence-corrected chi connectivity index (χ2v) is 7.03. The topological polar surface area (TPSA) is 68.5 Å². The van der Waals surface area contributed by atoms with Crippen molar-refractivity contribution >= 4 is 38.9 Å². The Kier molecular flexibility index (Phi) is 4.33. The highest BCUT2D eigenvalue weighted by molar-refractivity contribution is 9.10. The van der Waals surface area contributed by atoms with E-state index in [0.29, 0.717) is 16.8 Å². The number of aromatic nitrogens is 1. The fraction of sp³-hybridized carbons (Fsp3) is 0.375. The first-order valence-electron chi connectivity index (χ1n) is 6.85. The molecule has 118 valence electrons. The van der Waals surface area contributed by atoms with Gasteiger partial charge in [0.2, 0.25) is 0 Å². The van der Waals surface area contributed by atoms with Gasteiger partial charge in [-0.25, -0.2) is 9.36 Å². The van der Waals surface area contributed by atoms with Crippen molar-refractivity contribution in [2.45, 2.75) is 39.7 Å². The van der Waals surface area contributed by atoms with Crippen molar-refractivity contribution in [3.63, 3.8) is 0 Å². The van der Waals surface area contributed by atoms with E-state index < -0.39 is 17.7 Å². The van der Waals surface area contributed by atoms with Crippen LogP contribution in [0.3, 0.4) is 0 Å². The Labute approximate surface area is 137 Å². The molecule has 1 aromatic heterocycles. The summed E-state index contributed by atoms with van der Waals surface area (Å²) in [5.74, 6) is -0.936. The van der Waals surface area contributed by atoms with Crippen LogP contribution >= 0.6 is 15.9 Å². The highest BCUT2D eigenvalue weighted by Crippen LogP contribution is 2.29. The number of rotatable bonds is 2. The SMILES string of the molecule is Cc1c(CC(=O)O)c2ccc(Br)cc2n1C(=O)OC(C)(C)C. The molecular weight excluding hydrogens is 350 g/mol. The summed E-state index contributed by atoms with van der Waals surface area (Å²) >= 11 is 3.38. The second-order valence-electron chi connectivity index (χ2n) is 6.11. The minimum Gasteiger partial charge on any atom is -0.481 e. The Bertz CT molecular complexity index is 756. The number of hydrogen-bond donors (Lipinski definition) is 1. The zero-order valence-corrected chi connectivity index (χ0v) is 14.5. The van der Waals surface area contributed by atoms with Gasteiger partial charge in [-0.2, -0.15) is 0 Å². The van der Waals surface area contributed by atoms with Crippen molar-refractivity contribution in [1.29, 1.82) is 0 Å². The van der Waals surface area contributed by atoms with E-state index in [1.807, 2.05) is 12.1 Å². The van der Waals surface area contributed by atoms with Gasteiger partial charge < -0.3 is 9.84 Å². The summed E-state index contributed by atoms with van der Waals surface area (Å²) in [7, 11) is 0. The van der Waals surface area contributed by atoms with Crippen molar-refractivity contribution in [1.82, 2.24) is 4.57 Å². The van der Waals surface area contributed by atoms with E-state index in [9.17, 15) is 9.59 Å². The molecule has 2 aromatic rings. The predicted octanol–water partition coefficient (Wildman–Crippen LogP) is 4.12. The third-order valence-electron chi connectivity index (χ3n) is 3.20. The van der Waals surface area contributed by atoms with E-state index in [-0.39, 0.29) is 6.42 Å². The largest absolute Gasteiger partial charge is 0.481 e. The molecular formula is C16H18BrNO4. The number of carbonyl (C=O) groups is 2. The summed E-state index contributed by atoms with van der Waals surface area (Å²) in [5.41, 5.74) is 1.22. The zero-order chi connectivity index (χ0) is 16.7. The summed E-state index contributed by atoms with van der Waals surface area (Å²) in [6.45, 7) is 7.11. The van der Waals surface area contributed by atoms with Crippen LogP contribution in [0.5, 0.6) is 0 Å². The number of aliphatic carboxylic acids is 1. The number of halogens is 1. The minimum atomic E-state index is -0.936. The molecule has 0 fully saturated rings. The predicted molar refractivity (Wildman–Crippen MR) is 87.3 cm³/mol. The number of carbonyl (C=O) groups excluding carboxylic acids is 1. The summed E-state index contributed by atoms with van der Waals surface area (Å²) in [6.07, 6.45) is -0.649. The van der Waals surface area contributed by atoms with Crippen LogP contribution < -0.4 is 0 Å². The highest BCUT2D eigenvalue weighted by Gasteiger charge is 2.24. The smallest absolute Gasteiger partial charge is 0.419 e. The third kappa shape index (κ3) is 3.32. The van der Waals surface area contributed by atoms with Gasteiger partial charge in [0, 0.05) is 15.6 Å². The zero-order valence-electron chi connectivity index (χ0n) is 12.9. The number of nitrogens with zero attached hydrogens (tertiary/aromatic N) is 1. The average Bonchev–Trinajstić information content (AvgIpc) is 2.59. The second kappa shape index (κ2) is 5.76. The van der Waals surface area contributed by atoms with Crippen molar-refractivity contribution in [2.75, 3.05) is 0 Å². The third-order valence-corrected chi connectivity index (χ3v) is 3.70. The minimum absolute atomic E-state index is 0.139. The monoisotopic (exact) mass is 367 g/mol. The van der Waals surface area contributed by atoms with Crippen LogP contribution in [0.25, 0.3) is 10.9 Å². The molecule has 1 heterocycles. The maximum absolute atomic E-state index is 12.5. The number of fused-ring (bicyclic) bond motifs is 1. The van der Waals surface area contributed by atoms with Gasteiger partial charge in [0.15, 0.2) is 0 Å². The molecule has 0 aliphatic heterocycles. The normalized spacial score (nSPS) is 11.7. The molecule has 0 atom stereocenters. The fourth-order valence-electron chi connectivity index (χ4n) is 2.37. The van der Waals surface area contributed by atoms with E-state index >= 15 is 0 Å². The van der Waals surface area contributed by atoms with Crippen LogP contribution in [-0.4, -0.2) is 27.3 Å². The van der Waals surface area contributed by atoms with Gasteiger partial charge >= 0.3 is 12.1 Å². The molecule has 0 aliphatic rings. The quantitative estimate of drug-likeness (QED) is 0.866. The molecule has 0 radical (unpaired) electrons. The summed E-state index contributed by atoms with van der Waals surface area (Å²) in [5, 5.41) is 9.85. The van der Waals surface area contributed by atoms with Gasteiger partial charge in [0.05, 0.1) is 11.9 Å². The first-order valence-corrected chi connectivity index (χ1v) is 7.64. The van der Waals surface area contributed by atoms with E-state index in [1.165, 1.54) is 4.57 Å². The van der Waals surface area contributed by atoms with Gasteiger partial charge in [-0.05, 0) is 45.4 Å². The van der Waals surface area contributed by atoms with E-state index in [1.54, 1.807) is 33.8 Å². The van der Waals surface area contributed by atoms with E-state index in [4.69, 9.17) is 9.84 Å². The molecule has 0 aliphatic carbocycles. The van der Waals surface area contributed by atoms with Crippen LogP contribution in [0.2, 0.25) is 0 Å². The number of hydrogen-bond acceptors (Lipinski definition) is 3. The molecule has 22 heavy (non-hydrogen) atoms. The van der Waals surface area contributed by atoms with Crippen molar-refractivity contribution in [3.8, 4) is 0 Å². The van der Waals surface area contributed by atoms with Crippen LogP contribution in [0.1, 0.15) is 32.0 Å². The fourth-order valence-corrected chi connectivity index (χ4v) is 2.72. The first kappa shape index (κ1) is 16.5. The van der Waals surface area contributed by atoms with Gasteiger partial charge in [-0.1, -0.05) is 22.0 Å². The van der Waals surface area contributed by atoms with Crippen molar-refractivity contribution < 1.29 is 19.4 Å². The van der Waals surface area contributed by atoms with Gasteiger partial charge in [-0.15, -0.1) is 0 Å². The molecule has 2 rings (SSSR count). The molecule has 0 unspecified atom stereocenters. The molecule has 0 saturated carbocycles. The summed E-state index contributed by atoms with van der Waals surface area (Å²) in [4.78, 5) is 23.6. The van der Waals surface area contributed by atoms with E-state index in [0.717, 1.165) is 9.86 Å². The molecule has 0 amide bonds. The number of carboxylic acid groups (broad SMARTS) is 1. The summed E-state index contributed by atoms with van der Waals surface area (Å²) in [6, 6.07) is 5.43. The molecule has 6 heteroatoms. The Hall–Kier alpha value is -1.82. The van der Waals surface area contributed by atoms with Gasteiger partial charge in [0.1, 0.15) is 5.60 Å². The molecule has 0 bridgehead atoms. The maximum atomic E-state index is 12.5. The molecule has 1 N–H and O–H groups in total. The van der Waals surface area contributed by atoms with E-state index in [2.05, 4.69) is 15.9 Å². The molecule has 0 spiro atoms. The average molecular weight is 368 g/mol. The standard InChI is InChI=1S/C16H18BrNO4/c1-9-12(8-14(19)20)11-6-5-10(17)7-13(11)18(9)15(21)22-16(2,3)4/h5-7H,8H2,1-4H3,(H,19,20). The van der Waals surface area contributed by atoms with Crippen molar-refractivity contribution in [2.24, 2.45) is 0 Å². The molecule has 0 saturated heterocycles. The maximum Gasteiger partial charge on any atom is 0.419 e. The Morgan fingerprint density at radius 2 is 1.95 bits per heavy atom. The van der Waals surface area contributed by atoms with Crippen LogP contribution in [0.15, 0.2) is 22.7 Å². The van der Waals surface area contributed by atoms with Crippen LogP contribution in [0, 0.1) is 6.92 Å². The van der Waals surface area contributed by atoms with Gasteiger partial charge in [-0.3, -0.25) is 4.79 Å². The van der Waals surface area contributed by atoms with Crippen LogP contribution in [-0.2, 0) is 16.0 Å².